The van der Waals surface area contributed by atoms with E-state index < -0.39 is 11.6 Å². The number of carbonyl (C=O) groups excluding carboxylic acids is 2. The molecule has 1 fully saturated rings. The Morgan fingerprint density at radius 3 is 2.36 bits per heavy atom. The second kappa shape index (κ2) is 8.00. The summed E-state index contributed by atoms with van der Waals surface area (Å²) >= 11 is 0. The molecule has 5 heteroatoms. The number of benzene rings is 1. The zero-order chi connectivity index (χ0) is 18.6. The largest absolute Gasteiger partial charge is 0.466 e. The van der Waals surface area contributed by atoms with Gasteiger partial charge in [-0.1, -0.05) is 30.3 Å². The van der Waals surface area contributed by atoms with E-state index in [1.54, 1.807) is 6.92 Å². The van der Waals surface area contributed by atoms with Gasteiger partial charge in [-0.05, 0) is 40.2 Å². The minimum Gasteiger partial charge on any atom is -0.466 e. The molecular weight excluding hydrogens is 318 g/mol. The summed E-state index contributed by atoms with van der Waals surface area (Å²) in [4.78, 5) is 26.7. The van der Waals surface area contributed by atoms with Crippen LogP contribution in [-0.4, -0.2) is 41.1 Å². The normalized spacial score (nSPS) is 23.6. The predicted octanol–water partition coefficient (Wildman–Crippen LogP) is 3.17. The summed E-state index contributed by atoms with van der Waals surface area (Å²) in [6, 6.07) is 9.71. The van der Waals surface area contributed by atoms with Crippen molar-refractivity contribution in [1.29, 1.82) is 0 Å². The molecule has 1 aliphatic heterocycles. The monoisotopic (exact) mass is 347 g/mol. The van der Waals surface area contributed by atoms with E-state index in [0.717, 1.165) is 5.56 Å². The molecule has 2 rings (SSSR count). The van der Waals surface area contributed by atoms with E-state index in [-0.39, 0.29) is 30.3 Å². The number of carbonyl (C=O) groups is 2. The summed E-state index contributed by atoms with van der Waals surface area (Å²) < 4.78 is 10.7. The zero-order valence-electron chi connectivity index (χ0n) is 15.8. The van der Waals surface area contributed by atoms with Crippen molar-refractivity contribution in [3.63, 3.8) is 0 Å². The van der Waals surface area contributed by atoms with Crippen molar-refractivity contribution in [2.45, 2.75) is 65.3 Å². The highest BCUT2D eigenvalue weighted by Gasteiger charge is 2.51. The van der Waals surface area contributed by atoms with Crippen molar-refractivity contribution >= 4 is 11.9 Å². The maximum atomic E-state index is 12.7. The molecule has 25 heavy (non-hydrogen) atoms. The first-order valence-corrected chi connectivity index (χ1v) is 8.91. The van der Waals surface area contributed by atoms with Crippen LogP contribution in [-0.2, 0) is 25.6 Å². The highest BCUT2D eigenvalue weighted by Crippen LogP contribution is 2.38. The lowest BCUT2D eigenvalue weighted by atomic mass is 9.77. The molecule has 0 radical (unpaired) electrons. The van der Waals surface area contributed by atoms with Crippen molar-refractivity contribution in [2.24, 2.45) is 5.92 Å². The minimum absolute atomic E-state index is 0.0855. The second-order valence-corrected chi connectivity index (χ2v) is 7.55. The molecule has 0 amide bonds. The van der Waals surface area contributed by atoms with Gasteiger partial charge in [0.1, 0.15) is 11.6 Å². The lowest BCUT2D eigenvalue weighted by Crippen LogP contribution is -2.66. The van der Waals surface area contributed by atoms with Crippen LogP contribution in [0.25, 0.3) is 0 Å². The quantitative estimate of drug-likeness (QED) is 0.740. The topological polar surface area (TPSA) is 55.8 Å². The van der Waals surface area contributed by atoms with Crippen molar-refractivity contribution in [3.8, 4) is 0 Å². The Hall–Kier alpha value is -1.88. The fourth-order valence-electron chi connectivity index (χ4n) is 3.31. The maximum Gasteiger partial charge on any atom is 0.324 e. The Kier molecular flexibility index (Phi) is 6.22. The van der Waals surface area contributed by atoms with E-state index in [4.69, 9.17) is 9.47 Å². The number of likely N-dealkylation sites (tertiary alicyclic amines) is 1. The van der Waals surface area contributed by atoms with Gasteiger partial charge >= 0.3 is 11.9 Å². The number of esters is 2. The summed E-state index contributed by atoms with van der Waals surface area (Å²) in [7, 11) is 0. The van der Waals surface area contributed by atoms with Crippen LogP contribution >= 0.6 is 0 Å². The fraction of sp³-hybridized carbons (Fsp3) is 0.600. The van der Waals surface area contributed by atoms with Gasteiger partial charge in [0.05, 0.1) is 13.0 Å². The standard InChI is InChI=1S/C20H29NO4/c1-6-24-17(22)12-16-14(2)21(13-15-10-8-7-9-11-15)18(16)19(23)25-20(3,4)5/h7-11,14,16,18H,6,12-13H2,1-5H3/t14-,16-,18-/m0/s1. The van der Waals surface area contributed by atoms with Crippen LogP contribution in [0.15, 0.2) is 30.3 Å². The van der Waals surface area contributed by atoms with Crippen molar-refractivity contribution in [1.82, 2.24) is 4.90 Å². The van der Waals surface area contributed by atoms with Crippen molar-refractivity contribution in [2.75, 3.05) is 6.61 Å². The lowest BCUT2D eigenvalue weighted by molar-refractivity contribution is -0.181. The SMILES string of the molecule is CCOC(=O)C[C@@H]1[C@@H](C(=O)OC(C)(C)C)N(Cc2ccccc2)[C@H]1C. The molecule has 0 aliphatic carbocycles. The summed E-state index contributed by atoms with van der Waals surface area (Å²) in [6.07, 6.45) is 0.240. The third-order valence-corrected chi connectivity index (χ3v) is 4.47. The predicted molar refractivity (Wildman–Crippen MR) is 95.8 cm³/mol. The fourth-order valence-corrected chi connectivity index (χ4v) is 3.31. The van der Waals surface area contributed by atoms with E-state index in [2.05, 4.69) is 4.90 Å². The first-order valence-electron chi connectivity index (χ1n) is 8.91. The molecule has 0 aromatic heterocycles. The van der Waals surface area contributed by atoms with Gasteiger partial charge in [-0.3, -0.25) is 14.5 Å². The van der Waals surface area contributed by atoms with E-state index >= 15 is 0 Å². The Labute approximate surface area is 150 Å². The molecule has 5 nitrogen and oxygen atoms in total. The summed E-state index contributed by atoms with van der Waals surface area (Å²) in [5.41, 5.74) is 0.584. The maximum absolute atomic E-state index is 12.7. The second-order valence-electron chi connectivity index (χ2n) is 7.55. The summed E-state index contributed by atoms with van der Waals surface area (Å²) in [5, 5.41) is 0. The van der Waals surface area contributed by atoms with Gasteiger partial charge in [-0.25, -0.2) is 0 Å². The number of rotatable bonds is 6. The van der Waals surface area contributed by atoms with Crippen LogP contribution < -0.4 is 0 Å². The number of nitrogens with zero attached hydrogens (tertiary/aromatic N) is 1. The molecule has 3 atom stereocenters. The molecule has 0 bridgehead atoms. The molecule has 0 N–H and O–H groups in total. The van der Waals surface area contributed by atoms with Gasteiger partial charge in [-0.15, -0.1) is 0 Å². The molecule has 1 aliphatic rings. The Morgan fingerprint density at radius 2 is 1.80 bits per heavy atom. The van der Waals surface area contributed by atoms with Crippen LogP contribution in [0.3, 0.4) is 0 Å². The Bertz CT molecular complexity index is 593. The first-order chi connectivity index (χ1) is 11.7. The minimum atomic E-state index is -0.553. The number of hydrogen-bond donors (Lipinski definition) is 0. The van der Waals surface area contributed by atoms with Gasteiger partial charge in [0, 0.05) is 18.5 Å². The van der Waals surface area contributed by atoms with Gasteiger partial charge in [0.2, 0.25) is 0 Å². The zero-order valence-corrected chi connectivity index (χ0v) is 15.8. The molecule has 1 aromatic carbocycles. The number of ether oxygens (including phenoxy) is 2. The molecule has 1 aromatic rings. The Balaban J connectivity index is 2.14. The van der Waals surface area contributed by atoms with Crippen molar-refractivity contribution in [3.05, 3.63) is 35.9 Å². The average molecular weight is 347 g/mol. The van der Waals surface area contributed by atoms with Crippen LogP contribution in [0.1, 0.15) is 46.6 Å². The third-order valence-electron chi connectivity index (χ3n) is 4.47. The van der Waals surface area contributed by atoms with E-state index in [0.29, 0.717) is 13.2 Å². The Morgan fingerprint density at radius 1 is 1.16 bits per heavy atom. The molecule has 1 heterocycles. The van der Waals surface area contributed by atoms with Gasteiger partial charge < -0.3 is 9.47 Å². The third kappa shape index (κ3) is 5.05. The summed E-state index contributed by atoms with van der Waals surface area (Å²) in [6.45, 7) is 10.4. The number of hydrogen-bond acceptors (Lipinski definition) is 5. The van der Waals surface area contributed by atoms with Gasteiger partial charge in [0.15, 0.2) is 0 Å². The molecule has 138 valence electrons. The van der Waals surface area contributed by atoms with Crippen LogP contribution in [0, 0.1) is 5.92 Å². The van der Waals surface area contributed by atoms with E-state index in [1.807, 2.05) is 58.0 Å². The van der Waals surface area contributed by atoms with Crippen LogP contribution in [0.2, 0.25) is 0 Å². The molecule has 1 saturated heterocycles. The average Bonchev–Trinajstić information content (AvgIpc) is 2.52. The van der Waals surface area contributed by atoms with Crippen LogP contribution in [0.4, 0.5) is 0 Å². The van der Waals surface area contributed by atoms with Gasteiger partial charge in [-0.2, -0.15) is 0 Å². The van der Waals surface area contributed by atoms with E-state index in [9.17, 15) is 9.59 Å². The highest BCUT2D eigenvalue weighted by atomic mass is 16.6. The van der Waals surface area contributed by atoms with Crippen molar-refractivity contribution < 1.29 is 19.1 Å². The molecule has 0 saturated carbocycles. The molecule has 0 unspecified atom stereocenters. The first kappa shape index (κ1) is 19.4. The molecule has 0 spiro atoms. The summed E-state index contributed by atoms with van der Waals surface area (Å²) in [5.74, 6) is -0.610. The molecular formula is C20H29NO4. The highest BCUT2D eigenvalue weighted by molar-refractivity contribution is 5.80. The smallest absolute Gasteiger partial charge is 0.324 e. The van der Waals surface area contributed by atoms with E-state index in [1.165, 1.54) is 0 Å². The van der Waals surface area contributed by atoms with Gasteiger partial charge in [0.25, 0.3) is 0 Å². The lowest BCUT2D eigenvalue weighted by Gasteiger charge is -2.52. The van der Waals surface area contributed by atoms with Crippen LogP contribution in [0.5, 0.6) is 0 Å².